The Morgan fingerprint density at radius 1 is 0.727 bits per heavy atom. The zero-order valence-electron chi connectivity index (χ0n) is 19.0. The Balaban J connectivity index is 1.15. The van der Waals surface area contributed by atoms with Crippen LogP contribution in [-0.2, 0) is 6.54 Å². The summed E-state index contributed by atoms with van der Waals surface area (Å²) in [6.07, 6.45) is 4.30. The van der Waals surface area contributed by atoms with E-state index in [2.05, 4.69) is 67.9 Å². The molecule has 1 fully saturated rings. The van der Waals surface area contributed by atoms with E-state index in [0.717, 1.165) is 56.8 Å². The van der Waals surface area contributed by atoms with Gasteiger partial charge in [0.05, 0.1) is 23.4 Å². The molecule has 0 bridgehead atoms. The van der Waals surface area contributed by atoms with Crippen molar-refractivity contribution in [1.29, 1.82) is 0 Å². The average molecular weight is 443 g/mol. The Morgan fingerprint density at radius 2 is 1.39 bits per heavy atom. The van der Waals surface area contributed by atoms with Gasteiger partial charge in [-0.1, -0.05) is 54.6 Å². The van der Waals surface area contributed by atoms with Crippen LogP contribution in [0.25, 0.3) is 11.0 Å². The van der Waals surface area contributed by atoms with E-state index in [-0.39, 0.29) is 11.9 Å². The maximum Gasteiger partial charge on any atom is 0.123 e. The van der Waals surface area contributed by atoms with Gasteiger partial charge in [0, 0.05) is 32.7 Å². The lowest BCUT2D eigenvalue weighted by molar-refractivity contribution is 0.108. The Labute approximate surface area is 195 Å². The molecule has 1 aliphatic rings. The van der Waals surface area contributed by atoms with Crippen molar-refractivity contribution < 1.29 is 4.39 Å². The highest BCUT2D eigenvalue weighted by molar-refractivity contribution is 5.74. The van der Waals surface area contributed by atoms with Gasteiger partial charge in [0.1, 0.15) is 5.82 Å². The van der Waals surface area contributed by atoms with Crippen molar-refractivity contribution in [3.63, 3.8) is 0 Å². The standard InChI is InChI=1S/C28H31FN4/c29-25-14-12-24(13-15-25)28(23-8-2-1-3-9-23)32-20-18-31(19-21-32)16-6-7-17-33-22-30-26-10-4-5-11-27(26)33/h1-5,8-15,22,28H,6-7,16-21H2. The number of aryl methyl sites for hydroxylation is 1. The van der Waals surface area contributed by atoms with Crippen molar-refractivity contribution in [3.05, 3.63) is 102 Å². The van der Waals surface area contributed by atoms with Gasteiger partial charge >= 0.3 is 0 Å². The van der Waals surface area contributed by atoms with Crippen molar-refractivity contribution in [2.24, 2.45) is 0 Å². The van der Waals surface area contributed by atoms with E-state index in [4.69, 9.17) is 0 Å². The van der Waals surface area contributed by atoms with Crippen molar-refractivity contribution in [1.82, 2.24) is 19.4 Å². The first-order valence-corrected chi connectivity index (χ1v) is 11.9. The first-order chi connectivity index (χ1) is 16.3. The van der Waals surface area contributed by atoms with Crippen LogP contribution in [0.2, 0.25) is 0 Å². The van der Waals surface area contributed by atoms with Crippen LogP contribution in [0.1, 0.15) is 30.0 Å². The molecular formula is C28H31FN4. The smallest absolute Gasteiger partial charge is 0.123 e. The topological polar surface area (TPSA) is 24.3 Å². The van der Waals surface area contributed by atoms with Crippen LogP contribution >= 0.6 is 0 Å². The molecule has 1 aromatic heterocycles. The highest BCUT2D eigenvalue weighted by Gasteiger charge is 2.26. The summed E-state index contributed by atoms with van der Waals surface area (Å²) in [5.74, 6) is -0.181. The number of hydrogen-bond acceptors (Lipinski definition) is 3. The molecule has 0 saturated carbocycles. The fourth-order valence-corrected chi connectivity index (χ4v) is 4.95. The highest BCUT2D eigenvalue weighted by atomic mass is 19.1. The third-order valence-corrected chi connectivity index (χ3v) is 6.72. The van der Waals surface area contributed by atoms with Crippen LogP contribution < -0.4 is 0 Å². The van der Waals surface area contributed by atoms with Crippen molar-refractivity contribution >= 4 is 11.0 Å². The summed E-state index contributed by atoms with van der Waals surface area (Å²) in [4.78, 5) is 9.61. The van der Waals surface area contributed by atoms with E-state index in [9.17, 15) is 4.39 Å². The second-order valence-electron chi connectivity index (χ2n) is 8.88. The monoisotopic (exact) mass is 442 g/mol. The fraction of sp³-hybridized carbons (Fsp3) is 0.321. The molecule has 1 atom stereocenters. The maximum atomic E-state index is 13.5. The van der Waals surface area contributed by atoms with Crippen molar-refractivity contribution in [2.45, 2.75) is 25.4 Å². The number of fused-ring (bicyclic) bond motifs is 1. The van der Waals surface area contributed by atoms with Gasteiger partial charge in [-0.05, 0) is 54.8 Å². The summed E-state index contributed by atoms with van der Waals surface area (Å²) < 4.78 is 15.8. The second kappa shape index (κ2) is 10.3. The van der Waals surface area contributed by atoms with E-state index in [1.807, 2.05) is 24.5 Å². The average Bonchev–Trinajstić information content (AvgIpc) is 3.28. The molecule has 4 nitrogen and oxygen atoms in total. The minimum atomic E-state index is -0.181. The summed E-state index contributed by atoms with van der Waals surface area (Å²) in [7, 11) is 0. The Bertz CT molecular complexity index is 1150. The van der Waals surface area contributed by atoms with Gasteiger partial charge in [-0.3, -0.25) is 4.90 Å². The zero-order valence-corrected chi connectivity index (χ0v) is 19.0. The molecule has 5 heteroatoms. The number of aromatic nitrogens is 2. The third kappa shape index (κ3) is 5.15. The number of piperazine rings is 1. The summed E-state index contributed by atoms with van der Waals surface area (Å²) in [5, 5.41) is 0. The molecule has 0 spiro atoms. The first kappa shape index (κ1) is 21.8. The number of nitrogens with zero attached hydrogens (tertiary/aromatic N) is 4. The van der Waals surface area contributed by atoms with Gasteiger partial charge in [0.15, 0.2) is 0 Å². The van der Waals surface area contributed by atoms with E-state index in [1.165, 1.54) is 17.5 Å². The normalized spacial score (nSPS) is 16.3. The summed E-state index contributed by atoms with van der Waals surface area (Å²) >= 11 is 0. The molecule has 170 valence electrons. The molecule has 1 saturated heterocycles. The first-order valence-electron chi connectivity index (χ1n) is 11.9. The largest absolute Gasteiger partial charge is 0.331 e. The Hall–Kier alpha value is -3.02. The number of hydrogen-bond donors (Lipinski definition) is 0. The molecule has 0 N–H and O–H groups in total. The molecule has 3 aromatic carbocycles. The van der Waals surface area contributed by atoms with E-state index in [1.54, 1.807) is 12.1 Å². The quantitative estimate of drug-likeness (QED) is 0.343. The van der Waals surface area contributed by atoms with Gasteiger partial charge in [-0.25, -0.2) is 9.37 Å². The molecule has 33 heavy (non-hydrogen) atoms. The van der Waals surface area contributed by atoms with Gasteiger partial charge in [0.25, 0.3) is 0 Å². The number of halogens is 1. The summed E-state index contributed by atoms with van der Waals surface area (Å²) in [5.41, 5.74) is 4.72. The van der Waals surface area contributed by atoms with Crippen molar-refractivity contribution in [2.75, 3.05) is 32.7 Å². The lowest BCUT2D eigenvalue weighted by atomic mass is 9.96. The minimum absolute atomic E-state index is 0.170. The molecule has 1 unspecified atom stereocenters. The molecule has 1 aliphatic heterocycles. The summed E-state index contributed by atoms with van der Waals surface area (Å²) in [6, 6.07) is 26.1. The fourth-order valence-electron chi connectivity index (χ4n) is 4.95. The predicted molar refractivity (Wildman–Crippen MR) is 132 cm³/mol. The van der Waals surface area contributed by atoms with Gasteiger partial charge < -0.3 is 9.47 Å². The van der Waals surface area contributed by atoms with Crippen LogP contribution in [0.4, 0.5) is 4.39 Å². The number of benzene rings is 3. The van der Waals surface area contributed by atoms with Gasteiger partial charge in [-0.2, -0.15) is 0 Å². The van der Waals surface area contributed by atoms with Crippen molar-refractivity contribution in [3.8, 4) is 0 Å². The van der Waals surface area contributed by atoms with Crippen LogP contribution in [0.3, 0.4) is 0 Å². The van der Waals surface area contributed by atoms with Gasteiger partial charge in [-0.15, -0.1) is 0 Å². The highest BCUT2D eigenvalue weighted by Crippen LogP contribution is 2.29. The molecule has 0 radical (unpaired) electrons. The lowest BCUT2D eigenvalue weighted by Gasteiger charge is -2.40. The number of imidazole rings is 1. The van der Waals surface area contributed by atoms with E-state index < -0.39 is 0 Å². The second-order valence-corrected chi connectivity index (χ2v) is 8.88. The number of rotatable bonds is 8. The zero-order chi connectivity index (χ0) is 22.5. The maximum absolute atomic E-state index is 13.5. The Morgan fingerprint density at radius 3 is 2.18 bits per heavy atom. The number of para-hydroxylation sites is 2. The molecule has 0 amide bonds. The third-order valence-electron chi connectivity index (χ3n) is 6.72. The van der Waals surface area contributed by atoms with Crippen LogP contribution in [0.5, 0.6) is 0 Å². The number of unbranched alkanes of at least 4 members (excludes halogenated alkanes) is 1. The van der Waals surface area contributed by atoms with Crippen LogP contribution in [0, 0.1) is 5.82 Å². The SMILES string of the molecule is Fc1ccc(C(c2ccccc2)N2CCN(CCCCn3cnc4ccccc43)CC2)cc1. The Kier molecular flexibility index (Phi) is 6.79. The predicted octanol–water partition coefficient (Wildman–Crippen LogP) is 5.36. The molecule has 0 aliphatic carbocycles. The van der Waals surface area contributed by atoms with E-state index in [0.29, 0.717) is 0 Å². The molecular weight excluding hydrogens is 411 g/mol. The van der Waals surface area contributed by atoms with Gasteiger partial charge in [0.2, 0.25) is 0 Å². The molecule has 4 aromatic rings. The lowest BCUT2D eigenvalue weighted by Crippen LogP contribution is -2.48. The van der Waals surface area contributed by atoms with Crippen LogP contribution in [-0.4, -0.2) is 52.1 Å². The minimum Gasteiger partial charge on any atom is -0.331 e. The molecule has 2 heterocycles. The summed E-state index contributed by atoms with van der Waals surface area (Å²) in [6.45, 7) is 6.32. The van der Waals surface area contributed by atoms with Crippen LogP contribution in [0.15, 0.2) is 85.2 Å². The molecule has 5 rings (SSSR count). The van der Waals surface area contributed by atoms with E-state index >= 15 is 0 Å².